The van der Waals surface area contributed by atoms with Gasteiger partial charge in [0, 0.05) is 37.2 Å². The first-order valence-corrected chi connectivity index (χ1v) is 10.2. The van der Waals surface area contributed by atoms with Gasteiger partial charge in [0.25, 0.3) is 5.91 Å². The SMILES string of the molecule is CC.CCC1CC(N)c2c(C(=O)NCc3ccc(F)cc3F)c(=O)c(O)c(C(C)=O)n21. The monoisotopic (exact) mass is 435 g/mol. The van der Waals surface area contributed by atoms with Crippen molar-refractivity contribution in [1.29, 1.82) is 0 Å². The molecule has 168 valence electrons. The number of carbonyl (C=O) groups excluding carboxylic acids is 2. The highest BCUT2D eigenvalue weighted by Gasteiger charge is 2.37. The summed E-state index contributed by atoms with van der Waals surface area (Å²) in [6, 6.07) is 1.97. The molecule has 1 aromatic carbocycles. The fourth-order valence-corrected chi connectivity index (χ4v) is 3.78. The van der Waals surface area contributed by atoms with Gasteiger partial charge in [-0.3, -0.25) is 14.4 Å². The Hall–Kier alpha value is -3.07. The Morgan fingerprint density at radius 3 is 2.48 bits per heavy atom. The molecule has 0 saturated heterocycles. The maximum absolute atomic E-state index is 13.8. The number of benzene rings is 1. The van der Waals surface area contributed by atoms with E-state index in [-0.39, 0.29) is 35.1 Å². The minimum Gasteiger partial charge on any atom is -0.503 e. The minimum atomic E-state index is -1.01. The third-order valence-electron chi connectivity index (χ3n) is 5.15. The number of carbonyl (C=O) groups is 2. The molecule has 0 aliphatic carbocycles. The average Bonchev–Trinajstić information content (AvgIpc) is 3.05. The summed E-state index contributed by atoms with van der Waals surface area (Å²) in [4.78, 5) is 37.6. The van der Waals surface area contributed by atoms with Gasteiger partial charge in [-0.2, -0.15) is 0 Å². The second-order valence-electron chi connectivity index (χ2n) is 7.04. The number of pyridine rings is 1. The Balaban J connectivity index is 0.00000166. The van der Waals surface area contributed by atoms with Gasteiger partial charge in [0.1, 0.15) is 22.9 Å². The van der Waals surface area contributed by atoms with Crippen molar-refractivity contribution in [3.05, 3.63) is 62.6 Å². The van der Waals surface area contributed by atoms with Gasteiger partial charge in [-0.15, -0.1) is 0 Å². The summed E-state index contributed by atoms with van der Waals surface area (Å²) in [5.41, 5.74) is 4.79. The van der Waals surface area contributed by atoms with Crippen molar-refractivity contribution in [2.75, 3.05) is 0 Å². The van der Waals surface area contributed by atoms with Crippen molar-refractivity contribution < 1.29 is 23.5 Å². The summed E-state index contributed by atoms with van der Waals surface area (Å²) >= 11 is 0. The number of hydrogen-bond donors (Lipinski definition) is 3. The standard InChI is InChI=1S/C20H21F2N3O4.C2H6/c1-3-12-7-14(23)17-15(18(27)19(28)16(9(2)26)25(12)17)20(29)24-8-10-4-5-11(21)6-13(10)22;1-2/h4-6,12,14,28H,3,7-8,23H2,1-2H3,(H,24,29);1-2H3. The molecule has 0 saturated carbocycles. The number of halogens is 2. The highest BCUT2D eigenvalue weighted by atomic mass is 19.1. The van der Waals surface area contributed by atoms with E-state index in [1.807, 2.05) is 20.8 Å². The lowest BCUT2D eigenvalue weighted by Gasteiger charge is -2.20. The van der Waals surface area contributed by atoms with Crippen LogP contribution in [0.25, 0.3) is 0 Å². The van der Waals surface area contributed by atoms with E-state index in [9.17, 15) is 28.3 Å². The Bertz CT molecular complexity index is 1070. The molecule has 2 unspecified atom stereocenters. The van der Waals surface area contributed by atoms with Crippen molar-refractivity contribution >= 4 is 11.7 Å². The third-order valence-corrected chi connectivity index (χ3v) is 5.15. The summed E-state index contributed by atoms with van der Waals surface area (Å²) in [6.07, 6.45) is 0.970. The zero-order valence-electron chi connectivity index (χ0n) is 18.0. The van der Waals surface area contributed by atoms with Crippen LogP contribution in [0.5, 0.6) is 5.75 Å². The average molecular weight is 435 g/mol. The first-order valence-electron chi connectivity index (χ1n) is 10.2. The van der Waals surface area contributed by atoms with Gasteiger partial charge in [0.05, 0.1) is 5.69 Å². The molecule has 0 bridgehead atoms. The van der Waals surface area contributed by atoms with E-state index in [1.54, 1.807) is 0 Å². The zero-order chi connectivity index (χ0) is 23.5. The van der Waals surface area contributed by atoms with Crippen LogP contribution in [-0.4, -0.2) is 21.4 Å². The normalized spacial score (nSPS) is 16.9. The molecule has 0 radical (unpaired) electrons. The highest BCUT2D eigenvalue weighted by molar-refractivity contribution is 6.00. The molecule has 7 nitrogen and oxygen atoms in total. The van der Waals surface area contributed by atoms with Crippen LogP contribution in [0.15, 0.2) is 23.0 Å². The number of ketones is 1. The number of amides is 1. The molecule has 3 rings (SSSR count). The second kappa shape index (κ2) is 9.82. The van der Waals surface area contributed by atoms with E-state index >= 15 is 0 Å². The molecule has 31 heavy (non-hydrogen) atoms. The first kappa shape index (κ1) is 24.2. The molecule has 2 atom stereocenters. The van der Waals surface area contributed by atoms with Gasteiger partial charge in [-0.25, -0.2) is 8.78 Å². The fraction of sp³-hybridized carbons (Fsp3) is 0.409. The van der Waals surface area contributed by atoms with Gasteiger partial charge in [-0.1, -0.05) is 26.8 Å². The molecule has 1 aliphatic rings. The number of nitrogens with one attached hydrogen (secondary N) is 1. The summed E-state index contributed by atoms with van der Waals surface area (Å²) in [5.74, 6) is -3.79. The second-order valence-corrected chi connectivity index (χ2v) is 7.04. The summed E-state index contributed by atoms with van der Waals surface area (Å²) < 4.78 is 28.3. The van der Waals surface area contributed by atoms with Crippen molar-refractivity contribution in [1.82, 2.24) is 9.88 Å². The van der Waals surface area contributed by atoms with Crippen LogP contribution in [0.3, 0.4) is 0 Å². The number of rotatable bonds is 5. The molecule has 2 aromatic rings. The van der Waals surface area contributed by atoms with Crippen LogP contribution in [0.1, 0.15) is 84.7 Å². The van der Waals surface area contributed by atoms with Crippen molar-refractivity contribution in [2.45, 2.75) is 59.2 Å². The largest absolute Gasteiger partial charge is 0.503 e. The minimum absolute atomic E-state index is 0.0248. The molecule has 4 N–H and O–H groups in total. The predicted molar refractivity (Wildman–Crippen MR) is 112 cm³/mol. The molecular formula is C22H27F2N3O4. The maximum atomic E-state index is 13.8. The van der Waals surface area contributed by atoms with Crippen LogP contribution in [-0.2, 0) is 6.54 Å². The van der Waals surface area contributed by atoms with Gasteiger partial charge < -0.3 is 20.7 Å². The molecule has 0 spiro atoms. The predicted octanol–water partition coefficient (Wildman–Crippen LogP) is 3.35. The van der Waals surface area contributed by atoms with Gasteiger partial charge in [-0.05, 0) is 18.9 Å². The number of aromatic hydroxyl groups is 1. The molecule has 1 aromatic heterocycles. The maximum Gasteiger partial charge on any atom is 0.257 e. The zero-order valence-corrected chi connectivity index (χ0v) is 18.0. The fourth-order valence-electron chi connectivity index (χ4n) is 3.78. The summed E-state index contributed by atoms with van der Waals surface area (Å²) in [7, 11) is 0. The molecule has 1 amide bonds. The molecule has 2 heterocycles. The van der Waals surface area contributed by atoms with Crippen molar-refractivity contribution in [3.8, 4) is 5.75 Å². The quantitative estimate of drug-likeness (QED) is 0.623. The third kappa shape index (κ3) is 4.51. The smallest absolute Gasteiger partial charge is 0.257 e. The molecule has 1 aliphatic heterocycles. The molecule has 9 heteroatoms. The highest BCUT2D eigenvalue weighted by Crippen LogP contribution is 2.39. The topological polar surface area (TPSA) is 114 Å². The molecule has 0 fully saturated rings. The van der Waals surface area contributed by atoms with Gasteiger partial charge in [0.2, 0.25) is 5.43 Å². The number of Topliss-reactive ketones (excluding diaryl/α,β-unsaturated/α-hetero) is 1. The van der Waals surface area contributed by atoms with E-state index in [2.05, 4.69) is 5.32 Å². The van der Waals surface area contributed by atoms with E-state index in [0.717, 1.165) is 6.07 Å². The number of aromatic nitrogens is 1. The van der Waals surface area contributed by atoms with Crippen LogP contribution < -0.4 is 16.5 Å². The Labute approximate surface area is 178 Å². The van der Waals surface area contributed by atoms with E-state index in [4.69, 9.17) is 5.73 Å². The lowest BCUT2D eigenvalue weighted by atomic mass is 10.0. The number of fused-ring (bicyclic) bond motifs is 1. The van der Waals surface area contributed by atoms with Crippen LogP contribution in [0.2, 0.25) is 0 Å². The van der Waals surface area contributed by atoms with Crippen LogP contribution >= 0.6 is 0 Å². The number of hydrogen-bond acceptors (Lipinski definition) is 5. The Morgan fingerprint density at radius 2 is 1.94 bits per heavy atom. The van der Waals surface area contributed by atoms with Crippen LogP contribution in [0.4, 0.5) is 8.78 Å². The Morgan fingerprint density at radius 1 is 1.29 bits per heavy atom. The molecular weight excluding hydrogens is 408 g/mol. The lowest BCUT2D eigenvalue weighted by Crippen LogP contribution is -2.34. The first-order chi connectivity index (χ1) is 14.7. The number of nitrogens with zero attached hydrogens (tertiary/aromatic N) is 1. The van der Waals surface area contributed by atoms with E-state index in [0.29, 0.717) is 18.9 Å². The lowest BCUT2D eigenvalue weighted by molar-refractivity contribution is 0.0942. The van der Waals surface area contributed by atoms with Gasteiger partial charge >= 0.3 is 0 Å². The summed E-state index contributed by atoms with van der Waals surface area (Å²) in [5, 5.41) is 12.8. The van der Waals surface area contributed by atoms with Crippen molar-refractivity contribution in [2.24, 2.45) is 5.73 Å². The van der Waals surface area contributed by atoms with Crippen LogP contribution in [0, 0.1) is 11.6 Å². The van der Waals surface area contributed by atoms with E-state index < -0.39 is 40.5 Å². The number of nitrogens with two attached hydrogens (primary N) is 1. The summed E-state index contributed by atoms with van der Waals surface area (Å²) in [6.45, 7) is 6.78. The Kier molecular flexibility index (Phi) is 7.67. The van der Waals surface area contributed by atoms with Gasteiger partial charge in [0.15, 0.2) is 11.5 Å². The van der Waals surface area contributed by atoms with E-state index in [1.165, 1.54) is 17.6 Å². The van der Waals surface area contributed by atoms with Crippen molar-refractivity contribution in [3.63, 3.8) is 0 Å².